The molecule has 0 saturated carbocycles. The van der Waals surface area contributed by atoms with Crippen LogP contribution in [-0.4, -0.2) is 38.1 Å². The van der Waals surface area contributed by atoms with E-state index >= 15 is 0 Å². The van der Waals surface area contributed by atoms with Crippen LogP contribution in [0.1, 0.15) is 31.9 Å². The molecule has 2 aromatic rings. The molecule has 0 aliphatic carbocycles. The standard InChI is InChI=1S/C21H29ClNO4P/c1-17(2)23(28(24,25-4)26-5)15-16-27-21(3,18-9-7-6-8-10-18)19-11-13-20(22)14-12-19/h6-14,17H,15-16H2,1-5H3. The Morgan fingerprint density at radius 1 is 1.00 bits per heavy atom. The zero-order valence-corrected chi connectivity index (χ0v) is 18.7. The summed E-state index contributed by atoms with van der Waals surface area (Å²) in [5.41, 5.74) is 1.33. The molecule has 0 aromatic heterocycles. The number of hydrogen-bond donors (Lipinski definition) is 0. The van der Waals surface area contributed by atoms with Gasteiger partial charge in [0.1, 0.15) is 5.60 Å². The van der Waals surface area contributed by atoms with Crippen molar-refractivity contribution in [2.75, 3.05) is 27.4 Å². The topological polar surface area (TPSA) is 48.0 Å². The van der Waals surface area contributed by atoms with Crippen LogP contribution < -0.4 is 0 Å². The molecule has 0 bridgehead atoms. The summed E-state index contributed by atoms with van der Waals surface area (Å²) < 4.78 is 31.2. The van der Waals surface area contributed by atoms with Crippen molar-refractivity contribution >= 4 is 19.3 Å². The molecule has 0 fully saturated rings. The summed E-state index contributed by atoms with van der Waals surface area (Å²) in [6, 6.07) is 17.6. The molecule has 0 saturated heterocycles. The molecule has 7 heteroatoms. The second-order valence-electron chi connectivity index (χ2n) is 6.85. The van der Waals surface area contributed by atoms with Gasteiger partial charge in [0, 0.05) is 31.8 Å². The van der Waals surface area contributed by atoms with Gasteiger partial charge in [-0.1, -0.05) is 54.1 Å². The molecule has 2 rings (SSSR count). The fourth-order valence-corrected chi connectivity index (χ4v) is 4.74. The van der Waals surface area contributed by atoms with Crippen LogP contribution in [0, 0.1) is 0 Å². The maximum atomic E-state index is 12.8. The van der Waals surface area contributed by atoms with Crippen molar-refractivity contribution in [2.24, 2.45) is 0 Å². The molecule has 0 aliphatic rings. The van der Waals surface area contributed by atoms with Crippen molar-refractivity contribution in [2.45, 2.75) is 32.4 Å². The zero-order chi connectivity index (χ0) is 20.8. The van der Waals surface area contributed by atoms with E-state index in [1.807, 2.05) is 75.4 Å². The Morgan fingerprint density at radius 3 is 2.04 bits per heavy atom. The molecule has 0 heterocycles. The Balaban J connectivity index is 2.26. The zero-order valence-electron chi connectivity index (χ0n) is 17.1. The molecule has 0 radical (unpaired) electrons. The number of nitrogens with zero attached hydrogens (tertiary/aromatic N) is 1. The van der Waals surface area contributed by atoms with Crippen molar-refractivity contribution in [1.29, 1.82) is 0 Å². The Bertz CT molecular complexity index is 777. The third-order valence-electron chi connectivity index (χ3n) is 4.80. The maximum absolute atomic E-state index is 12.8. The molecule has 0 aliphatic heterocycles. The number of benzene rings is 2. The van der Waals surface area contributed by atoms with Gasteiger partial charge in [-0.25, -0.2) is 9.24 Å². The first-order valence-corrected chi connectivity index (χ1v) is 11.1. The van der Waals surface area contributed by atoms with E-state index in [2.05, 4.69) is 0 Å². The van der Waals surface area contributed by atoms with Gasteiger partial charge in [0.15, 0.2) is 0 Å². The van der Waals surface area contributed by atoms with Crippen LogP contribution in [0.2, 0.25) is 5.02 Å². The number of halogens is 1. The fourth-order valence-electron chi connectivity index (χ4n) is 3.15. The smallest absolute Gasteiger partial charge is 0.364 e. The molecule has 2 aromatic carbocycles. The third kappa shape index (κ3) is 5.24. The van der Waals surface area contributed by atoms with E-state index in [1.165, 1.54) is 14.2 Å². The van der Waals surface area contributed by atoms with Gasteiger partial charge in [-0.15, -0.1) is 0 Å². The van der Waals surface area contributed by atoms with E-state index in [-0.39, 0.29) is 6.04 Å². The van der Waals surface area contributed by atoms with Crippen molar-refractivity contribution in [3.63, 3.8) is 0 Å². The van der Waals surface area contributed by atoms with E-state index in [0.717, 1.165) is 11.1 Å². The van der Waals surface area contributed by atoms with Gasteiger partial charge < -0.3 is 4.74 Å². The van der Waals surface area contributed by atoms with Crippen LogP contribution >= 0.6 is 19.3 Å². The molecule has 154 valence electrons. The van der Waals surface area contributed by atoms with Crippen LogP contribution in [0.5, 0.6) is 0 Å². The van der Waals surface area contributed by atoms with Crippen LogP contribution in [0.4, 0.5) is 0 Å². The fraction of sp³-hybridized carbons (Fsp3) is 0.429. The minimum Gasteiger partial charge on any atom is -0.364 e. The predicted octanol–water partition coefficient (Wildman–Crippen LogP) is 5.73. The van der Waals surface area contributed by atoms with Crippen LogP contribution in [0.3, 0.4) is 0 Å². The lowest BCUT2D eigenvalue weighted by atomic mass is 9.88. The Hall–Kier alpha value is -1.20. The van der Waals surface area contributed by atoms with Crippen molar-refractivity contribution in [3.8, 4) is 0 Å². The van der Waals surface area contributed by atoms with Crippen molar-refractivity contribution < 1.29 is 18.3 Å². The molecular formula is C21H29ClNO4P. The second kappa shape index (κ2) is 10.0. The highest BCUT2D eigenvalue weighted by molar-refractivity contribution is 7.51. The largest absolute Gasteiger partial charge is 0.407 e. The number of rotatable bonds is 10. The van der Waals surface area contributed by atoms with Crippen molar-refractivity contribution in [1.82, 2.24) is 4.67 Å². The van der Waals surface area contributed by atoms with E-state index in [9.17, 15) is 4.57 Å². The quantitative estimate of drug-likeness (QED) is 0.455. The molecule has 1 atom stereocenters. The highest BCUT2D eigenvalue weighted by Crippen LogP contribution is 2.51. The Kier molecular flexibility index (Phi) is 8.26. The average Bonchev–Trinajstić information content (AvgIpc) is 2.71. The summed E-state index contributed by atoms with van der Waals surface area (Å²) in [6.45, 7) is 6.65. The first-order valence-electron chi connectivity index (χ1n) is 9.21. The molecule has 28 heavy (non-hydrogen) atoms. The Labute approximate surface area is 173 Å². The van der Waals surface area contributed by atoms with E-state index < -0.39 is 13.3 Å². The SMILES string of the molecule is COP(=O)(OC)N(CCOC(C)(c1ccccc1)c1ccc(Cl)cc1)C(C)C. The molecule has 5 nitrogen and oxygen atoms in total. The van der Waals surface area contributed by atoms with Gasteiger partial charge in [-0.05, 0) is 44.0 Å². The van der Waals surface area contributed by atoms with E-state index in [0.29, 0.717) is 18.2 Å². The summed E-state index contributed by atoms with van der Waals surface area (Å²) in [5.74, 6) is 0. The Morgan fingerprint density at radius 2 is 1.54 bits per heavy atom. The maximum Gasteiger partial charge on any atom is 0.407 e. The summed E-state index contributed by atoms with van der Waals surface area (Å²) in [4.78, 5) is 0. The van der Waals surface area contributed by atoms with Crippen molar-refractivity contribution in [3.05, 3.63) is 70.7 Å². The summed E-state index contributed by atoms with van der Waals surface area (Å²) in [7, 11) is -0.562. The lowest BCUT2D eigenvalue weighted by molar-refractivity contribution is -0.0122. The van der Waals surface area contributed by atoms with Gasteiger partial charge in [0.05, 0.1) is 6.61 Å². The lowest BCUT2D eigenvalue weighted by Gasteiger charge is -2.35. The minimum absolute atomic E-state index is 0.0344. The van der Waals surface area contributed by atoms with E-state index in [4.69, 9.17) is 25.4 Å². The van der Waals surface area contributed by atoms with Gasteiger partial charge >= 0.3 is 7.75 Å². The molecule has 1 unspecified atom stereocenters. The average molecular weight is 426 g/mol. The first kappa shape index (κ1) is 23.1. The van der Waals surface area contributed by atoms with Gasteiger partial charge in [0.25, 0.3) is 0 Å². The molecule has 0 N–H and O–H groups in total. The molecule has 0 spiro atoms. The lowest BCUT2D eigenvalue weighted by Crippen LogP contribution is -2.35. The normalized spacial score (nSPS) is 14.4. The van der Waals surface area contributed by atoms with Gasteiger partial charge in [0.2, 0.25) is 0 Å². The van der Waals surface area contributed by atoms with E-state index in [1.54, 1.807) is 4.67 Å². The van der Waals surface area contributed by atoms with Crippen LogP contribution in [0.15, 0.2) is 54.6 Å². The molecular weight excluding hydrogens is 397 g/mol. The summed E-state index contributed by atoms with van der Waals surface area (Å²) >= 11 is 6.06. The minimum atomic E-state index is -3.34. The highest BCUT2D eigenvalue weighted by atomic mass is 35.5. The molecule has 0 amide bonds. The van der Waals surface area contributed by atoms with Gasteiger partial charge in [-0.2, -0.15) is 0 Å². The van der Waals surface area contributed by atoms with Gasteiger partial charge in [-0.3, -0.25) is 9.05 Å². The van der Waals surface area contributed by atoms with Crippen LogP contribution in [-0.2, 0) is 24.0 Å². The highest BCUT2D eigenvalue weighted by Gasteiger charge is 2.35. The number of ether oxygens (including phenoxy) is 1. The summed E-state index contributed by atoms with van der Waals surface area (Å²) in [6.07, 6.45) is 0. The monoisotopic (exact) mass is 425 g/mol. The van der Waals surface area contributed by atoms with Crippen LogP contribution in [0.25, 0.3) is 0 Å². The number of hydrogen-bond acceptors (Lipinski definition) is 4. The first-order chi connectivity index (χ1) is 13.3. The second-order valence-corrected chi connectivity index (χ2v) is 9.46. The summed E-state index contributed by atoms with van der Waals surface area (Å²) in [5, 5.41) is 0.672. The predicted molar refractivity (Wildman–Crippen MR) is 114 cm³/mol. The third-order valence-corrected chi connectivity index (χ3v) is 7.27.